The van der Waals surface area contributed by atoms with Crippen molar-refractivity contribution in [2.24, 2.45) is 5.41 Å². The number of hydrogen-bond acceptors (Lipinski definition) is 3. The summed E-state index contributed by atoms with van der Waals surface area (Å²) in [7, 11) is 0. The lowest BCUT2D eigenvalue weighted by Gasteiger charge is -2.44. The average molecular weight is 196 g/mol. The topological polar surface area (TPSA) is 24.5 Å². The summed E-state index contributed by atoms with van der Waals surface area (Å²) < 4.78 is 5.25. The van der Waals surface area contributed by atoms with Crippen LogP contribution in [0.15, 0.2) is 0 Å². The molecule has 0 aromatic heterocycles. The molecular formula is C11H20N2O. The van der Waals surface area contributed by atoms with Gasteiger partial charge < -0.3 is 10.1 Å². The van der Waals surface area contributed by atoms with Crippen molar-refractivity contribution >= 4 is 0 Å². The van der Waals surface area contributed by atoms with Gasteiger partial charge in [-0.3, -0.25) is 4.90 Å². The van der Waals surface area contributed by atoms with Gasteiger partial charge in [-0.1, -0.05) is 0 Å². The van der Waals surface area contributed by atoms with Crippen molar-refractivity contribution in [2.45, 2.75) is 25.3 Å². The predicted molar refractivity (Wildman–Crippen MR) is 55.3 cm³/mol. The second kappa shape index (κ2) is 3.47. The van der Waals surface area contributed by atoms with Gasteiger partial charge in [0.15, 0.2) is 0 Å². The molecule has 3 saturated heterocycles. The van der Waals surface area contributed by atoms with E-state index in [2.05, 4.69) is 10.2 Å². The number of hydrogen-bond donors (Lipinski definition) is 1. The molecule has 1 spiro atoms. The zero-order valence-electron chi connectivity index (χ0n) is 8.80. The SMILES string of the molecule is C1CC2(CCN(C3COC3)CC2)CN1. The minimum atomic E-state index is 0.668. The van der Waals surface area contributed by atoms with E-state index in [-0.39, 0.29) is 0 Å². The number of likely N-dealkylation sites (tertiary alicyclic amines) is 1. The van der Waals surface area contributed by atoms with Gasteiger partial charge in [0, 0.05) is 6.54 Å². The third-order valence-electron chi connectivity index (χ3n) is 4.33. The van der Waals surface area contributed by atoms with E-state index < -0.39 is 0 Å². The molecule has 0 atom stereocenters. The molecule has 0 amide bonds. The Morgan fingerprint density at radius 2 is 1.93 bits per heavy atom. The third-order valence-corrected chi connectivity index (χ3v) is 4.33. The fourth-order valence-corrected chi connectivity index (χ4v) is 3.02. The van der Waals surface area contributed by atoms with E-state index in [1.165, 1.54) is 45.4 Å². The lowest BCUT2D eigenvalue weighted by molar-refractivity contribution is -0.0799. The maximum Gasteiger partial charge on any atom is 0.0645 e. The maximum atomic E-state index is 5.25. The summed E-state index contributed by atoms with van der Waals surface area (Å²) in [5.74, 6) is 0. The molecular weight excluding hydrogens is 176 g/mol. The summed E-state index contributed by atoms with van der Waals surface area (Å²) in [6.07, 6.45) is 4.20. The number of rotatable bonds is 1. The van der Waals surface area contributed by atoms with Crippen LogP contribution in [0.5, 0.6) is 0 Å². The van der Waals surface area contributed by atoms with Gasteiger partial charge in [-0.25, -0.2) is 0 Å². The van der Waals surface area contributed by atoms with E-state index >= 15 is 0 Å². The van der Waals surface area contributed by atoms with Crippen LogP contribution in [-0.4, -0.2) is 50.3 Å². The van der Waals surface area contributed by atoms with Gasteiger partial charge >= 0.3 is 0 Å². The Morgan fingerprint density at radius 3 is 2.43 bits per heavy atom. The minimum absolute atomic E-state index is 0.668. The van der Waals surface area contributed by atoms with E-state index in [0.717, 1.165) is 19.3 Å². The van der Waals surface area contributed by atoms with Crippen LogP contribution in [0.4, 0.5) is 0 Å². The van der Waals surface area contributed by atoms with Crippen LogP contribution in [0.2, 0.25) is 0 Å². The number of ether oxygens (including phenoxy) is 1. The summed E-state index contributed by atoms with van der Waals surface area (Å²) in [4.78, 5) is 2.63. The van der Waals surface area contributed by atoms with Gasteiger partial charge in [-0.2, -0.15) is 0 Å². The largest absolute Gasteiger partial charge is 0.378 e. The van der Waals surface area contributed by atoms with Crippen LogP contribution in [0, 0.1) is 5.41 Å². The van der Waals surface area contributed by atoms with E-state index in [4.69, 9.17) is 4.74 Å². The van der Waals surface area contributed by atoms with Crippen molar-refractivity contribution < 1.29 is 4.74 Å². The first-order valence-corrected chi connectivity index (χ1v) is 5.91. The molecule has 0 radical (unpaired) electrons. The lowest BCUT2D eigenvalue weighted by Crippen LogP contribution is -2.53. The van der Waals surface area contributed by atoms with Crippen LogP contribution >= 0.6 is 0 Å². The van der Waals surface area contributed by atoms with E-state index in [9.17, 15) is 0 Å². The van der Waals surface area contributed by atoms with E-state index in [0.29, 0.717) is 5.41 Å². The molecule has 3 rings (SSSR count). The predicted octanol–water partition coefficient (Wildman–Crippen LogP) is 0.461. The molecule has 3 aliphatic heterocycles. The Kier molecular flexibility index (Phi) is 2.26. The van der Waals surface area contributed by atoms with Gasteiger partial charge in [-0.15, -0.1) is 0 Å². The quantitative estimate of drug-likeness (QED) is 0.659. The molecule has 1 N–H and O–H groups in total. The maximum absolute atomic E-state index is 5.25. The third kappa shape index (κ3) is 1.47. The van der Waals surface area contributed by atoms with Gasteiger partial charge in [0.2, 0.25) is 0 Å². The van der Waals surface area contributed by atoms with Crippen LogP contribution < -0.4 is 5.32 Å². The van der Waals surface area contributed by atoms with Crippen molar-refractivity contribution in [1.82, 2.24) is 10.2 Å². The molecule has 3 heterocycles. The Balaban J connectivity index is 1.55. The molecule has 0 saturated carbocycles. The summed E-state index contributed by atoms with van der Waals surface area (Å²) in [5, 5.41) is 3.51. The van der Waals surface area contributed by atoms with Crippen LogP contribution in [0.3, 0.4) is 0 Å². The zero-order valence-corrected chi connectivity index (χ0v) is 8.80. The molecule has 0 bridgehead atoms. The minimum Gasteiger partial charge on any atom is -0.378 e. The molecule has 3 heteroatoms. The lowest BCUT2D eigenvalue weighted by atomic mass is 9.77. The smallest absolute Gasteiger partial charge is 0.0645 e. The van der Waals surface area contributed by atoms with Crippen LogP contribution in [0.25, 0.3) is 0 Å². The summed E-state index contributed by atoms with van der Waals surface area (Å²) in [6.45, 7) is 7.07. The molecule has 14 heavy (non-hydrogen) atoms. The summed E-state index contributed by atoms with van der Waals surface area (Å²) in [6, 6.07) is 0.752. The first-order valence-electron chi connectivity index (χ1n) is 5.91. The zero-order chi connectivity index (χ0) is 9.43. The van der Waals surface area contributed by atoms with Crippen LogP contribution in [-0.2, 0) is 4.74 Å². The molecule has 3 aliphatic rings. The molecule has 3 fully saturated rings. The highest BCUT2D eigenvalue weighted by Gasteiger charge is 2.39. The molecule has 3 nitrogen and oxygen atoms in total. The van der Waals surface area contributed by atoms with Crippen LogP contribution in [0.1, 0.15) is 19.3 Å². The van der Waals surface area contributed by atoms with Crippen molar-refractivity contribution in [3.8, 4) is 0 Å². The Hall–Kier alpha value is -0.120. The van der Waals surface area contributed by atoms with Gasteiger partial charge in [0.05, 0.1) is 19.3 Å². The molecule has 0 aromatic rings. The summed E-state index contributed by atoms with van der Waals surface area (Å²) >= 11 is 0. The second-order valence-corrected chi connectivity index (χ2v) is 5.15. The Labute approximate surface area is 85.8 Å². The van der Waals surface area contributed by atoms with Gasteiger partial charge in [-0.05, 0) is 44.3 Å². The average Bonchev–Trinajstić information content (AvgIpc) is 2.55. The number of piperidine rings is 1. The molecule has 0 aliphatic carbocycles. The van der Waals surface area contributed by atoms with Crippen molar-refractivity contribution in [1.29, 1.82) is 0 Å². The first kappa shape index (κ1) is 9.13. The van der Waals surface area contributed by atoms with Gasteiger partial charge in [0.25, 0.3) is 0 Å². The monoisotopic (exact) mass is 196 g/mol. The normalized spacial score (nSPS) is 33.4. The highest BCUT2D eigenvalue weighted by Crippen LogP contribution is 2.37. The first-order chi connectivity index (χ1) is 6.88. The van der Waals surface area contributed by atoms with Crippen molar-refractivity contribution in [2.75, 3.05) is 39.4 Å². The Morgan fingerprint density at radius 1 is 1.14 bits per heavy atom. The standard InChI is InChI=1S/C11H20N2O/c1-4-12-9-11(1)2-5-13(6-3-11)10-7-14-8-10/h10,12H,1-9H2. The highest BCUT2D eigenvalue weighted by molar-refractivity contribution is 4.94. The number of nitrogens with zero attached hydrogens (tertiary/aromatic N) is 1. The highest BCUT2D eigenvalue weighted by atomic mass is 16.5. The summed E-state index contributed by atoms with van der Waals surface area (Å²) in [5.41, 5.74) is 0.668. The Bertz CT molecular complexity index is 199. The molecule has 0 unspecified atom stereocenters. The number of nitrogens with one attached hydrogen (secondary N) is 1. The molecule has 80 valence electrons. The van der Waals surface area contributed by atoms with E-state index in [1.54, 1.807) is 0 Å². The fourth-order valence-electron chi connectivity index (χ4n) is 3.02. The van der Waals surface area contributed by atoms with Crippen molar-refractivity contribution in [3.05, 3.63) is 0 Å². The van der Waals surface area contributed by atoms with E-state index in [1.807, 2.05) is 0 Å². The second-order valence-electron chi connectivity index (χ2n) is 5.15. The fraction of sp³-hybridized carbons (Fsp3) is 1.00. The van der Waals surface area contributed by atoms with Gasteiger partial charge in [0.1, 0.15) is 0 Å². The van der Waals surface area contributed by atoms with Crippen molar-refractivity contribution in [3.63, 3.8) is 0 Å². The molecule has 0 aromatic carbocycles.